The van der Waals surface area contributed by atoms with Gasteiger partial charge in [-0.25, -0.2) is 4.79 Å². The topological polar surface area (TPSA) is 68.2 Å². The Morgan fingerprint density at radius 2 is 2.16 bits per heavy atom. The molecule has 6 nitrogen and oxygen atoms in total. The van der Waals surface area contributed by atoms with Crippen molar-refractivity contribution >= 4 is 6.03 Å². The number of hydrogen-bond donors (Lipinski definition) is 2. The van der Waals surface area contributed by atoms with E-state index in [1.54, 1.807) is 0 Å². The number of carbonyl (C=O) groups is 1. The summed E-state index contributed by atoms with van der Waals surface area (Å²) in [7, 11) is 1.93. The number of amides is 2. The first-order chi connectivity index (χ1) is 12.1. The number of nitrogens with zero attached hydrogens (tertiary/aromatic N) is 2. The Bertz CT molecular complexity index is 795. The van der Waals surface area contributed by atoms with E-state index in [9.17, 15) is 4.79 Å². The van der Waals surface area contributed by atoms with Gasteiger partial charge in [0.1, 0.15) is 5.75 Å². The van der Waals surface area contributed by atoms with Crippen LogP contribution in [0.15, 0.2) is 24.4 Å². The molecular formula is C19H24N4O2. The van der Waals surface area contributed by atoms with Gasteiger partial charge < -0.3 is 15.4 Å². The van der Waals surface area contributed by atoms with Gasteiger partial charge in [0, 0.05) is 19.0 Å². The third kappa shape index (κ3) is 3.21. The molecule has 2 aliphatic rings. The molecule has 2 amide bonds. The lowest BCUT2D eigenvalue weighted by Crippen LogP contribution is -2.39. The highest BCUT2D eigenvalue weighted by molar-refractivity contribution is 5.74. The van der Waals surface area contributed by atoms with E-state index in [0.717, 1.165) is 29.0 Å². The quantitative estimate of drug-likeness (QED) is 0.899. The number of urea groups is 1. The molecule has 2 heterocycles. The van der Waals surface area contributed by atoms with Crippen molar-refractivity contribution in [2.75, 3.05) is 6.61 Å². The average Bonchev–Trinajstić information content (AvgIpc) is 3.37. The van der Waals surface area contributed by atoms with Gasteiger partial charge in [-0.1, -0.05) is 18.2 Å². The predicted molar refractivity (Wildman–Crippen MR) is 94.6 cm³/mol. The molecule has 4 rings (SSSR count). The smallest absolute Gasteiger partial charge is 0.315 e. The number of hydrogen-bond acceptors (Lipinski definition) is 3. The van der Waals surface area contributed by atoms with E-state index in [-0.39, 0.29) is 12.1 Å². The first kappa shape index (κ1) is 16.0. The van der Waals surface area contributed by atoms with Crippen LogP contribution in [0.1, 0.15) is 53.6 Å². The second kappa shape index (κ2) is 6.43. The Morgan fingerprint density at radius 3 is 2.96 bits per heavy atom. The lowest BCUT2D eigenvalue weighted by atomic mass is 9.98. The summed E-state index contributed by atoms with van der Waals surface area (Å²) >= 11 is 0. The maximum absolute atomic E-state index is 12.4. The molecule has 2 N–H and O–H groups in total. The zero-order valence-corrected chi connectivity index (χ0v) is 14.7. The largest absolute Gasteiger partial charge is 0.493 e. The lowest BCUT2D eigenvalue weighted by molar-refractivity contribution is 0.222. The van der Waals surface area contributed by atoms with Crippen molar-refractivity contribution in [2.24, 2.45) is 7.05 Å². The third-order valence-corrected chi connectivity index (χ3v) is 5.10. The Labute approximate surface area is 147 Å². The fourth-order valence-corrected chi connectivity index (χ4v) is 3.54. The highest BCUT2D eigenvalue weighted by atomic mass is 16.5. The van der Waals surface area contributed by atoms with Gasteiger partial charge in [0.2, 0.25) is 0 Å². The highest BCUT2D eigenvalue weighted by Gasteiger charge is 2.28. The van der Waals surface area contributed by atoms with Crippen LogP contribution in [-0.2, 0) is 13.6 Å². The molecule has 1 aromatic carbocycles. The maximum atomic E-state index is 12.4. The number of aromatic nitrogens is 2. The lowest BCUT2D eigenvalue weighted by Gasteiger charge is -2.28. The molecule has 2 aromatic rings. The van der Waals surface area contributed by atoms with Gasteiger partial charge in [-0.05, 0) is 36.8 Å². The predicted octanol–water partition coefficient (Wildman–Crippen LogP) is 2.93. The van der Waals surface area contributed by atoms with Crippen LogP contribution >= 0.6 is 0 Å². The molecule has 132 valence electrons. The minimum absolute atomic E-state index is 0.0157. The van der Waals surface area contributed by atoms with Crippen LogP contribution in [0, 0.1) is 6.92 Å². The first-order valence-corrected chi connectivity index (χ1v) is 8.91. The van der Waals surface area contributed by atoms with Gasteiger partial charge in [0.15, 0.2) is 0 Å². The zero-order chi connectivity index (χ0) is 17.4. The summed E-state index contributed by atoms with van der Waals surface area (Å²) in [5.74, 6) is 1.53. The molecule has 1 aliphatic carbocycles. The number of nitrogens with one attached hydrogen (secondary N) is 2. The van der Waals surface area contributed by atoms with Crippen LogP contribution < -0.4 is 15.4 Å². The van der Waals surface area contributed by atoms with Gasteiger partial charge >= 0.3 is 6.03 Å². The number of carbonyl (C=O) groups excluding carboxylic acids is 1. The summed E-state index contributed by atoms with van der Waals surface area (Å²) in [6, 6.07) is 5.90. The molecule has 0 saturated heterocycles. The number of para-hydroxylation sites is 1. The van der Waals surface area contributed by atoms with E-state index in [4.69, 9.17) is 4.74 Å². The molecular weight excluding hydrogens is 316 g/mol. The van der Waals surface area contributed by atoms with E-state index in [1.807, 2.05) is 43.0 Å². The van der Waals surface area contributed by atoms with Gasteiger partial charge in [0.25, 0.3) is 0 Å². The Morgan fingerprint density at radius 1 is 1.32 bits per heavy atom. The van der Waals surface area contributed by atoms with Crippen molar-refractivity contribution in [3.05, 3.63) is 46.8 Å². The number of aryl methyl sites for hydroxylation is 2. The van der Waals surface area contributed by atoms with Crippen molar-refractivity contribution < 1.29 is 9.53 Å². The molecule has 1 aromatic heterocycles. The van der Waals surface area contributed by atoms with E-state index < -0.39 is 0 Å². The zero-order valence-electron chi connectivity index (χ0n) is 14.7. The molecule has 0 radical (unpaired) electrons. The summed E-state index contributed by atoms with van der Waals surface area (Å²) in [5.41, 5.74) is 4.53. The Hall–Kier alpha value is -2.50. The monoisotopic (exact) mass is 340 g/mol. The van der Waals surface area contributed by atoms with E-state index in [2.05, 4.69) is 15.7 Å². The highest BCUT2D eigenvalue weighted by Crippen LogP contribution is 2.41. The summed E-state index contributed by atoms with van der Waals surface area (Å²) in [4.78, 5) is 12.4. The van der Waals surface area contributed by atoms with Crippen LogP contribution in [0.3, 0.4) is 0 Å². The second-order valence-electron chi connectivity index (χ2n) is 6.95. The molecule has 1 saturated carbocycles. The number of benzene rings is 1. The maximum Gasteiger partial charge on any atom is 0.315 e. The van der Waals surface area contributed by atoms with Crippen LogP contribution in [0.5, 0.6) is 5.75 Å². The van der Waals surface area contributed by atoms with Gasteiger partial charge in [-0.15, -0.1) is 0 Å². The molecule has 0 spiro atoms. The fraction of sp³-hybridized carbons (Fsp3) is 0.474. The summed E-state index contributed by atoms with van der Waals surface area (Å²) in [5, 5.41) is 10.4. The van der Waals surface area contributed by atoms with E-state index in [0.29, 0.717) is 19.1 Å². The van der Waals surface area contributed by atoms with Crippen molar-refractivity contribution in [3.63, 3.8) is 0 Å². The molecule has 1 atom stereocenters. The summed E-state index contributed by atoms with van der Waals surface area (Å²) in [6.07, 6.45) is 5.17. The first-order valence-electron chi connectivity index (χ1n) is 8.91. The van der Waals surface area contributed by atoms with Crippen LogP contribution in [0.4, 0.5) is 4.79 Å². The van der Waals surface area contributed by atoms with Gasteiger partial charge in [-0.3, -0.25) is 4.68 Å². The van der Waals surface area contributed by atoms with Crippen molar-refractivity contribution in [1.82, 2.24) is 20.4 Å². The molecule has 0 unspecified atom stereocenters. The summed E-state index contributed by atoms with van der Waals surface area (Å²) < 4.78 is 7.63. The molecule has 6 heteroatoms. The minimum atomic E-state index is -0.151. The van der Waals surface area contributed by atoms with E-state index in [1.165, 1.54) is 18.4 Å². The average molecular weight is 340 g/mol. The molecule has 1 fully saturated rings. The third-order valence-electron chi connectivity index (χ3n) is 5.10. The Kier molecular flexibility index (Phi) is 4.11. The number of rotatable bonds is 4. The standard InChI is InChI=1S/C19H24N4O2/c1-12-4-3-5-14-16(8-9-25-18(12)14)22-19(24)20-11-17-15(13-6-7-13)10-21-23(17)2/h3-5,10,13,16H,6-9,11H2,1-2H3,(H2,20,22,24)/t16-/m1/s1. The normalized spacial score (nSPS) is 19.0. The molecule has 0 bridgehead atoms. The van der Waals surface area contributed by atoms with Crippen molar-refractivity contribution in [3.8, 4) is 5.75 Å². The Balaban J connectivity index is 1.41. The molecule has 1 aliphatic heterocycles. The SMILES string of the molecule is Cc1cccc2c1OCC[C@H]2NC(=O)NCc1c(C2CC2)cnn1C. The molecule has 25 heavy (non-hydrogen) atoms. The number of fused-ring (bicyclic) bond motifs is 1. The minimum Gasteiger partial charge on any atom is -0.493 e. The van der Waals surface area contributed by atoms with Gasteiger partial charge in [0.05, 0.1) is 31.1 Å². The van der Waals surface area contributed by atoms with Gasteiger partial charge in [-0.2, -0.15) is 5.10 Å². The van der Waals surface area contributed by atoms with Crippen molar-refractivity contribution in [2.45, 2.75) is 44.7 Å². The van der Waals surface area contributed by atoms with Crippen LogP contribution in [-0.4, -0.2) is 22.4 Å². The van der Waals surface area contributed by atoms with Crippen LogP contribution in [0.25, 0.3) is 0 Å². The second-order valence-corrected chi connectivity index (χ2v) is 6.95. The van der Waals surface area contributed by atoms with E-state index >= 15 is 0 Å². The van der Waals surface area contributed by atoms with Crippen molar-refractivity contribution in [1.29, 1.82) is 0 Å². The fourth-order valence-electron chi connectivity index (χ4n) is 3.54. The number of ether oxygens (including phenoxy) is 1. The summed E-state index contributed by atoms with van der Waals surface area (Å²) in [6.45, 7) is 3.15. The van der Waals surface area contributed by atoms with Crippen LogP contribution in [0.2, 0.25) is 0 Å².